The first-order chi connectivity index (χ1) is 7.19. The molecular formula is C11H22N2O2. The third-order valence-corrected chi connectivity index (χ3v) is 3.06. The van der Waals surface area contributed by atoms with E-state index in [-0.39, 0.29) is 5.91 Å². The van der Waals surface area contributed by atoms with Crippen LogP contribution in [0.4, 0.5) is 0 Å². The maximum atomic E-state index is 11.9. The number of rotatable bonds is 6. The normalized spacial score (nSPS) is 18.3. The van der Waals surface area contributed by atoms with E-state index in [4.69, 9.17) is 10.5 Å². The molecule has 0 aliphatic heterocycles. The van der Waals surface area contributed by atoms with Gasteiger partial charge in [0.15, 0.2) is 0 Å². The van der Waals surface area contributed by atoms with Gasteiger partial charge in [-0.2, -0.15) is 0 Å². The Hall–Kier alpha value is -0.610. The molecule has 0 heterocycles. The fourth-order valence-electron chi connectivity index (χ4n) is 1.85. The number of likely N-dealkylation sites (N-methyl/N-ethyl adjacent to an activating group) is 1. The zero-order chi connectivity index (χ0) is 11.3. The third kappa shape index (κ3) is 3.47. The molecule has 1 rings (SSSR count). The first kappa shape index (κ1) is 12.5. The number of nitrogens with zero attached hydrogens (tertiary/aromatic N) is 1. The summed E-state index contributed by atoms with van der Waals surface area (Å²) in [7, 11) is 1.56. The molecule has 1 saturated carbocycles. The van der Waals surface area contributed by atoms with Gasteiger partial charge in [-0.25, -0.2) is 0 Å². The second-order valence-corrected chi connectivity index (χ2v) is 4.24. The Kier molecular flexibility index (Phi) is 5.05. The van der Waals surface area contributed by atoms with Gasteiger partial charge >= 0.3 is 0 Å². The van der Waals surface area contributed by atoms with Gasteiger partial charge < -0.3 is 15.4 Å². The highest BCUT2D eigenvalue weighted by atomic mass is 16.5. The van der Waals surface area contributed by atoms with Crippen LogP contribution >= 0.6 is 0 Å². The molecule has 4 nitrogen and oxygen atoms in total. The summed E-state index contributed by atoms with van der Waals surface area (Å²) in [6.45, 7) is 3.91. The van der Waals surface area contributed by atoms with Crippen molar-refractivity contribution in [3.8, 4) is 0 Å². The molecule has 0 spiro atoms. The van der Waals surface area contributed by atoms with Crippen molar-refractivity contribution >= 4 is 5.91 Å². The van der Waals surface area contributed by atoms with Crippen molar-refractivity contribution in [2.24, 2.45) is 11.7 Å². The fourth-order valence-corrected chi connectivity index (χ4v) is 1.85. The minimum atomic E-state index is -0.505. The molecule has 0 saturated heterocycles. The van der Waals surface area contributed by atoms with Crippen molar-refractivity contribution in [2.75, 3.05) is 26.8 Å². The van der Waals surface area contributed by atoms with E-state index in [9.17, 15) is 4.79 Å². The molecule has 1 amide bonds. The second-order valence-electron chi connectivity index (χ2n) is 4.24. The molecule has 15 heavy (non-hydrogen) atoms. The monoisotopic (exact) mass is 214 g/mol. The van der Waals surface area contributed by atoms with E-state index in [0.29, 0.717) is 12.5 Å². The van der Waals surface area contributed by atoms with Crippen LogP contribution in [0, 0.1) is 5.92 Å². The van der Waals surface area contributed by atoms with Crippen LogP contribution in [-0.4, -0.2) is 43.7 Å². The third-order valence-electron chi connectivity index (χ3n) is 3.06. The van der Waals surface area contributed by atoms with Gasteiger partial charge in [0.2, 0.25) is 5.91 Å². The van der Waals surface area contributed by atoms with Crippen LogP contribution in [0.2, 0.25) is 0 Å². The Morgan fingerprint density at radius 1 is 1.60 bits per heavy atom. The quantitative estimate of drug-likeness (QED) is 0.704. The van der Waals surface area contributed by atoms with Gasteiger partial charge in [0, 0.05) is 20.2 Å². The minimum absolute atomic E-state index is 0.0197. The van der Waals surface area contributed by atoms with Gasteiger partial charge in [-0.1, -0.05) is 6.42 Å². The highest BCUT2D eigenvalue weighted by molar-refractivity contribution is 5.81. The van der Waals surface area contributed by atoms with E-state index in [2.05, 4.69) is 0 Å². The molecule has 0 bridgehead atoms. The zero-order valence-electron chi connectivity index (χ0n) is 9.74. The number of carbonyl (C=O) groups excluding carboxylic acids is 1. The number of carbonyl (C=O) groups is 1. The number of methoxy groups -OCH3 is 1. The van der Waals surface area contributed by atoms with E-state index in [1.165, 1.54) is 19.3 Å². The number of hydrogen-bond donors (Lipinski definition) is 1. The largest absolute Gasteiger partial charge is 0.383 e. The number of nitrogens with two attached hydrogens (primary N) is 1. The van der Waals surface area contributed by atoms with E-state index in [1.54, 1.807) is 7.11 Å². The maximum Gasteiger partial charge on any atom is 0.241 e. The van der Waals surface area contributed by atoms with Crippen molar-refractivity contribution in [1.82, 2.24) is 4.90 Å². The van der Waals surface area contributed by atoms with Gasteiger partial charge in [-0.05, 0) is 25.7 Å². The van der Waals surface area contributed by atoms with Crippen LogP contribution < -0.4 is 5.73 Å². The molecule has 2 N–H and O–H groups in total. The Balaban J connectivity index is 2.37. The fraction of sp³-hybridized carbons (Fsp3) is 0.909. The summed E-state index contributed by atoms with van der Waals surface area (Å²) in [5.41, 5.74) is 5.72. The lowest BCUT2D eigenvalue weighted by Crippen LogP contribution is -2.48. The molecule has 88 valence electrons. The number of ether oxygens (including phenoxy) is 1. The topological polar surface area (TPSA) is 55.6 Å². The first-order valence-corrected chi connectivity index (χ1v) is 5.72. The lowest BCUT2D eigenvalue weighted by Gasteiger charge is -2.33. The van der Waals surface area contributed by atoms with Crippen LogP contribution in [0.25, 0.3) is 0 Å². The SMILES string of the molecule is CCN(CC1CCC1)C(=O)C(N)COC. The standard InChI is InChI=1S/C11H22N2O2/c1-3-13(7-9-5-4-6-9)11(14)10(12)8-15-2/h9-10H,3-8,12H2,1-2H3. The molecule has 1 atom stereocenters. The molecular weight excluding hydrogens is 192 g/mol. The predicted octanol–water partition coefficient (Wildman–Crippen LogP) is 0.609. The van der Waals surface area contributed by atoms with Crippen molar-refractivity contribution in [3.63, 3.8) is 0 Å². The number of amides is 1. The summed E-state index contributed by atoms with van der Waals surface area (Å²) in [4.78, 5) is 13.7. The van der Waals surface area contributed by atoms with Crippen molar-refractivity contribution < 1.29 is 9.53 Å². The molecule has 1 aliphatic rings. The average Bonchev–Trinajstić information content (AvgIpc) is 2.16. The smallest absolute Gasteiger partial charge is 0.241 e. The summed E-state index contributed by atoms with van der Waals surface area (Å²) < 4.78 is 4.89. The van der Waals surface area contributed by atoms with E-state index in [0.717, 1.165) is 13.1 Å². The molecule has 4 heteroatoms. The van der Waals surface area contributed by atoms with Crippen molar-refractivity contribution in [3.05, 3.63) is 0 Å². The zero-order valence-corrected chi connectivity index (χ0v) is 9.74. The summed E-state index contributed by atoms with van der Waals surface area (Å²) in [5.74, 6) is 0.717. The van der Waals surface area contributed by atoms with Crippen LogP contribution in [0.3, 0.4) is 0 Å². The second kappa shape index (κ2) is 6.08. The van der Waals surface area contributed by atoms with E-state index >= 15 is 0 Å². The summed E-state index contributed by atoms with van der Waals surface area (Å²) in [6, 6.07) is -0.505. The molecule has 0 aromatic carbocycles. The van der Waals surface area contributed by atoms with E-state index < -0.39 is 6.04 Å². The Bertz CT molecular complexity index is 205. The Morgan fingerprint density at radius 2 is 2.27 bits per heavy atom. The molecule has 0 aromatic rings. The average molecular weight is 214 g/mol. The van der Waals surface area contributed by atoms with Crippen LogP contribution in [0.1, 0.15) is 26.2 Å². The minimum Gasteiger partial charge on any atom is -0.383 e. The highest BCUT2D eigenvalue weighted by Crippen LogP contribution is 2.27. The van der Waals surface area contributed by atoms with Crippen LogP contribution in [-0.2, 0) is 9.53 Å². The molecule has 1 fully saturated rings. The Labute approximate surface area is 91.8 Å². The summed E-state index contributed by atoms with van der Waals surface area (Å²) >= 11 is 0. The summed E-state index contributed by atoms with van der Waals surface area (Å²) in [6.07, 6.45) is 3.81. The Morgan fingerprint density at radius 3 is 2.67 bits per heavy atom. The highest BCUT2D eigenvalue weighted by Gasteiger charge is 2.25. The maximum absolute atomic E-state index is 11.9. The van der Waals surface area contributed by atoms with E-state index in [1.807, 2.05) is 11.8 Å². The molecule has 0 aromatic heterocycles. The van der Waals surface area contributed by atoms with Gasteiger partial charge in [-0.15, -0.1) is 0 Å². The molecule has 1 aliphatic carbocycles. The van der Waals surface area contributed by atoms with Crippen LogP contribution in [0.15, 0.2) is 0 Å². The van der Waals surface area contributed by atoms with Crippen molar-refractivity contribution in [2.45, 2.75) is 32.2 Å². The van der Waals surface area contributed by atoms with Gasteiger partial charge in [0.1, 0.15) is 6.04 Å². The van der Waals surface area contributed by atoms with Gasteiger partial charge in [0.05, 0.1) is 6.61 Å². The molecule has 1 unspecified atom stereocenters. The van der Waals surface area contributed by atoms with Gasteiger partial charge in [-0.3, -0.25) is 4.79 Å². The lowest BCUT2D eigenvalue weighted by molar-refractivity contribution is -0.134. The van der Waals surface area contributed by atoms with Crippen LogP contribution in [0.5, 0.6) is 0 Å². The predicted molar refractivity (Wildman–Crippen MR) is 59.4 cm³/mol. The molecule has 0 radical (unpaired) electrons. The number of hydrogen-bond acceptors (Lipinski definition) is 3. The first-order valence-electron chi connectivity index (χ1n) is 5.72. The summed E-state index contributed by atoms with van der Waals surface area (Å²) in [5, 5.41) is 0. The van der Waals surface area contributed by atoms with Crippen molar-refractivity contribution in [1.29, 1.82) is 0 Å². The van der Waals surface area contributed by atoms with Gasteiger partial charge in [0.25, 0.3) is 0 Å². The lowest BCUT2D eigenvalue weighted by atomic mass is 9.85.